The Morgan fingerprint density at radius 1 is 1.17 bits per heavy atom. The first-order chi connectivity index (χ1) is 13.9. The Morgan fingerprint density at radius 2 is 2.00 bits per heavy atom. The first kappa shape index (κ1) is 21.3. The lowest BCUT2D eigenvalue weighted by Crippen LogP contribution is -2.51. The molecule has 0 aliphatic carbocycles. The van der Waals surface area contributed by atoms with Gasteiger partial charge in [0, 0.05) is 24.4 Å². The minimum Gasteiger partial charge on any atom is -0.485 e. The van der Waals surface area contributed by atoms with E-state index in [1.807, 2.05) is 64.1 Å². The van der Waals surface area contributed by atoms with Gasteiger partial charge >= 0.3 is 0 Å². The summed E-state index contributed by atoms with van der Waals surface area (Å²) >= 11 is 0. The van der Waals surface area contributed by atoms with Crippen molar-refractivity contribution in [2.24, 2.45) is 0 Å². The number of nitrogens with one attached hydrogen (secondary N) is 1. The average molecular weight is 400 g/mol. The number of anilines is 1. The third kappa shape index (κ3) is 5.17. The van der Waals surface area contributed by atoms with Gasteiger partial charge in [-0.3, -0.25) is 0 Å². The van der Waals surface area contributed by atoms with Crippen LogP contribution < -0.4 is 10.1 Å². The molecule has 29 heavy (non-hydrogen) atoms. The van der Waals surface area contributed by atoms with E-state index >= 15 is 0 Å². The third-order valence-corrected chi connectivity index (χ3v) is 4.99. The molecule has 0 fully saturated rings. The van der Waals surface area contributed by atoms with Crippen molar-refractivity contribution >= 4 is 5.69 Å². The Balaban J connectivity index is 1.84. The van der Waals surface area contributed by atoms with Crippen LogP contribution in [0.25, 0.3) is 0 Å². The predicted molar refractivity (Wildman–Crippen MR) is 114 cm³/mol. The maximum Gasteiger partial charge on any atom is 0.132 e. The molecule has 0 saturated carbocycles. The molecule has 2 atom stereocenters. The van der Waals surface area contributed by atoms with E-state index in [1.54, 1.807) is 6.07 Å². The number of ether oxygens (including phenoxy) is 3. The van der Waals surface area contributed by atoms with E-state index < -0.39 is 5.60 Å². The summed E-state index contributed by atoms with van der Waals surface area (Å²) < 4.78 is 31.9. The highest BCUT2D eigenvalue weighted by Gasteiger charge is 2.45. The summed E-state index contributed by atoms with van der Waals surface area (Å²) in [6.07, 6.45) is 3.46. The summed E-state index contributed by atoms with van der Waals surface area (Å²) in [5, 5.41) is 3.36. The van der Waals surface area contributed by atoms with Crippen molar-refractivity contribution in [3.63, 3.8) is 0 Å². The average Bonchev–Trinajstić information content (AvgIpc) is 2.68. The van der Waals surface area contributed by atoms with E-state index in [9.17, 15) is 4.39 Å². The number of benzene rings is 2. The van der Waals surface area contributed by atoms with Gasteiger partial charge < -0.3 is 19.5 Å². The fourth-order valence-electron chi connectivity index (χ4n) is 3.59. The number of hydrogen-bond acceptors (Lipinski definition) is 4. The van der Waals surface area contributed by atoms with Crippen molar-refractivity contribution in [1.82, 2.24) is 0 Å². The predicted octanol–water partition coefficient (Wildman–Crippen LogP) is 5.65. The smallest absolute Gasteiger partial charge is 0.132 e. The summed E-state index contributed by atoms with van der Waals surface area (Å²) in [5.41, 5.74) is 2.24. The van der Waals surface area contributed by atoms with E-state index in [2.05, 4.69) is 5.32 Å². The molecule has 4 nitrogen and oxygen atoms in total. The van der Waals surface area contributed by atoms with Crippen LogP contribution in [0.3, 0.4) is 0 Å². The molecule has 0 radical (unpaired) electrons. The molecule has 3 rings (SSSR count). The highest BCUT2D eigenvalue weighted by molar-refractivity contribution is 5.53. The minimum absolute atomic E-state index is 0.233. The molecule has 156 valence electrons. The lowest BCUT2D eigenvalue weighted by molar-refractivity contribution is -0.155. The summed E-state index contributed by atoms with van der Waals surface area (Å²) in [5.74, 6) is 0.568. The quantitative estimate of drug-likeness (QED) is 0.583. The molecule has 2 unspecified atom stereocenters. The highest BCUT2D eigenvalue weighted by atomic mass is 19.1. The standard InChI is InChI=1S/C24H30FNO3/c1-5-7-13-28-23-22(27-6-2)20-15-19(11-12-21(20)29-24(23,3)4)26-16-17-9-8-10-18(25)14-17/h5,7-12,14-15,22-23,26H,6,13,16H2,1-4H3. The Labute approximate surface area is 172 Å². The third-order valence-electron chi connectivity index (χ3n) is 4.99. The van der Waals surface area contributed by atoms with Crippen molar-refractivity contribution in [2.75, 3.05) is 18.5 Å². The first-order valence-electron chi connectivity index (χ1n) is 10.1. The van der Waals surface area contributed by atoms with Crippen LogP contribution in [0.4, 0.5) is 10.1 Å². The second kappa shape index (κ2) is 9.42. The van der Waals surface area contributed by atoms with E-state index in [0.29, 0.717) is 19.8 Å². The summed E-state index contributed by atoms with van der Waals surface area (Å²) in [4.78, 5) is 0. The topological polar surface area (TPSA) is 39.7 Å². The monoisotopic (exact) mass is 399 g/mol. The minimum atomic E-state index is -0.523. The molecule has 5 heteroatoms. The summed E-state index contributed by atoms with van der Waals surface area (Å²) in [6, 6.07) is 12.6. The van der Waals surface area contributed by atoms with Crippen molar-refractivity contribution in [1.29, 1.82) is 0 Å². The van der Waals surface area contributed by atoms with Gasteiger partial charge in [0.1, 0.15) is 29.4 Å². The van der Waals surface area contributed by atoms with Gasteiger partial charge in [-0.25, -0.2) is 4.39 Å². The van der Waals surface area contributed by atoms with Gasteiger partial charge in [-0.1, -0.05) is 24.3 Å². The second-order valence-corrected chi connectivity index (χ2v) is 7.64. The zero-order valence-electron chi connectivity index (χ0n) is 17.6. The summed E-state index contributed by atoms with van der Waals surface area (Å²) in [7, 11) is 0. The number of allylic oxidation sites excluding steroid dienone is 1. The number of fused-ring (bicyclic) bond motifs is 1. The van der Waals surface area contributed by atoms with Crippen molar-refractivity contribution in [2.45, 2.75) is 52.0 Å². The molecule has 1 aliphatic rings. The SMILES string of the molecule is CC=CCOC1C(OCC)c2cc(NCc3cccc(F)c3)ccc2OC1(C)C. The Morgan fingerprint density at radius 3 is 2.72 bits per heavy atom. The summed E-state index contributed by atoms with van der Waals surface area (Å²) in [6.45, 7) is 9.62. The number of halogens is 1. The van der Waals surface area contributed by atoms with Gasteiger partial charge in [0.15, 0.2) is 0 Å². The van der Waals surface area contributed by atoms with E-state index in [4.69, 9.17) is 14.2 Å². The first-order valence-corrected chi connectivity index (χ1v) is 10.1. The van der Waals surface area contributed by atoms with Gasteiger partial charge in [-0.15, -0.1) is 0 Å². The van der Waals surface area contributed by atoms with Crippen LogP contribution in [0.5, 0.6) is 5.75 Å². The fourth-order valence-corrected chi connectivity index (χ4v) is 3.59. The molecule has 0 saturated heterocycles. The molecule has 0 bridgehead atoms. The largest absolute Gasteiger partial charge is 0.485 e. The van der Waals surface area contributed by atoms with Crippen LogP contribution in [0.1, 0.15) is 44.9 Å². The van der Waals surface area contributed by atoms with Gasteiger partial charge in [0.05, 0.1) is 6.61 Å². The number of rotatable bonds is 8. The lowest BCUT2D eigenvalue weighted by atomic mass is 9.88. The maximum atomic E-state index is 13.4. The van der Waals surface area contributed by atoms with E-state index in [0.717, 1.165) is 22.6 Å². The lowest BCUT2D eigenvalue weighted by Gasteiger charge is -2.44. The second-order valence-electron chi connectivity index (χ2n) is 7.64. The molecule has 2 aromatic rings. The van der Waals surface area contributed by atoms with Crippen molar-refractivity contribution in [3.05, 3.63) is 71.6 Å². The van der Waals surface area contributed by atoms with Crippen molar-refractivity contribution in [3.8, 4) is 5.75 Å². The maximum absolute atomic E-state index is 13.4. The molecule has 0 spiro atoms. The Bertz CT molecular complexity index is 850. The van der Waals surface area contributed by atoms with Crippen molar-refractivity contribution < 1.29 is 18.6 Å². The van der Waals surface area contributed by atoms with Crippen LogP contribution in [-0.4, -0.2) is 24.9 Å². The molecule has 2 aromatic carbocycles. The van der Waals surface area contributed by atoms with Crippen LogP contribution in [0.15, 0.2) is 54.6 Å². The molecule has 1 aliphatic heterocycles. The van der Waals surface area contributed by atoms with E-state index in [-0.39, 0.29) is 18.0 Å². The van der Waals surface area contributed by atoms with Crippen LogP contribution in [-0.2, 0) is 16.0 Å². The molecular weight excluding hydrogens is 369 g/mol. The normalized spacial score (nSPS) is 20.3. The number of hydrogen-bond donors (Lipinski definition) is 1. The van der Waals surface area contributed by atoms with Gasteiger partial charge in [0.2, 0.25) is 0 Å². The zero-order valence-corrected chi connectivity index (χ0v) is 17.6. The Kier molecular flexibility index (Phi) is 6.93. The molecule has 0 aromatic heterocycles. The molecule has 0 amide bonds. The van der Waals surface area contributed by atoms with E-state index in [1.165, 1.54) is 12.1 Å². The van der Waals surface area contributed by atoms with Crippen LogP contribution >= 0.6 is 0 Å². The van der Waals surface area contributed by atoms with Crippen LogP contribution in [0, 0.1) is 5.82 Å². The van der Waals surface area contributed by atoms with Crippen LogP contribution in [0.2, 0.25) is 0 Å². The van der Waals surface area contributed by atoms with Gasteiger partial charge in [-0.2, -0.15) is 0 Å². The van der Waals surface area contributed by atoms with Gasteiger partial charge in [-0.05, 0) is 63.6 Å². The highest BCUT2D eigenvalue weighted by Crippen LogP contribution is 2.44. The van der Waals surface area contributed by atoms with Gasteiger partial charge in [0.25, 0.3) is 0 Å². The molecular formula is C24H30FNO3. The molecule has 1 N–H and O–H groups in total. The molecule has 1 heterocycles. The Hall–Kier alpha value is -2.37. The fraction of sp³-hybridized carbons (Fsp3) is 0.417. The zero-order chi connectivity index (χ0) is 20.9.